The molecule has 1 aliphatic heterocycles. The largest absolute Gasteiger partial charge is 0.381 e. The summed E-state index contributed by atoms with van der Waals surface area (Å²) in [6.45, 7) is 2.18. The van der Waals surface area contributed by atoms with E-state index in [2.05, 4.69) is 15.5 Å². The Morgan fingerprint density at radius 3 is 2.95 bits per heavy atom. The Balaban J connectivity index is 1.60. The van der Waals surface area contributed by atoms with Crippen LogP contribution in [-0.4, -0.2) is 35.9 Å². The number of hydrogen-bond acceptors (Lipinski definition) is 4. The van der Waals surface area contributed by atoms with E-state index in [0.29, 0.717) is 24.2 Å². The molecule has 6 nitrogen and oxygen atoms in total. The summed E-state index contributed by atoms with van der Waals surface area (Å²) in [5.74, 6) is 1.51. The third-order valence-electron chi connectivity index (χ3n) is 4.81. The van der Waals surface area contributed by atoms with Crippen molar-refractivity contribution in [3.05, 3.63) is 11.8 Å². The van der Waals surface area contributed by atoms with Gasteiger partial charge in [0.1, 0.15) is 0 Å². The van der Waals surface area contributed by atoms with Crippen LogP contribution in [0.5, 0.6) is 0 Å². The van der Waals surface area contributed by atoms with Gasteiger partial charge in [0.05, 0.1) is 0 Å². The molecule has 0 aromatic carbocycles. The Bertz CT molecular complexity index is 482. The molecule has 1 amide bonds. The number of amides is 1. The van der Waals surface area contributed by atoms with Crippen LogP contribution in [0, 0.1) is 11.8 Å². The molecule has 1 aromatic heterocycles. The van der Waals surface area contributed by atoms with E-state index in [4.69, 9.17) is 10.5 Å². The lowest BCUT2D eigenvalue weighted by Gasteiger charge is -2.20. The van der Waals surface area contributed by atoms with Crippen LogP contribution in [-0.2, 0) is 9.53 Å². The van der Waals surface area contributed by atoms with Crippen LogP contribution in [0.4, 0.5) is 5.82 Å². The van der Waals surface area contributed by atoms with E-state index in [1.165, 1.54) is 0 Å². The summed E-state index contributed by atoms with van der Waals surface area (Å²) >= 11 is 0. The van der Waals surface area contributed by atoms with Crippen molar-refractivity contribution in [2.24, 2.45) is 17.6 Å². The highest BCUT2D eigenvalue weighted by atomic mass is 16.5. The Kier molecular flexibility index (Phi) is 4.55. The van der Waals surface area contributed by atoms with E-state index in [1.807, 2.05) is 6.07 Å². The number of aromatic nitrogens is 2. The van der Waals surface area contributed by atoms with Crippen LogP contribution >= 0.6 is 0 Å². The number of aromatic amines is 1. The van der Waals surface area contributed by atoms with E-state index in [0.717, 1.165) is 51.0 Å². The Hall–Kier alpha value is -1.40. The van der Waals surface area contributed by atoms with E-state index in [-0.39, 0.29) is 11.8 Å². The lowest BCUT2D eigenvalue weighted by atomic mass is 9.95. The smallest absolute Gasteiger partial charge is 0.229 e. The lowest BCUT2D eigenvalue weighted by Crippen LogP contribution is -2.29. The molecule has 0 spiro atoms. The molecule has 1 aromatic rings. The zero-order valence-electron chi connectivity index (χ0n) is 12.3. The van der Waals surface area contributed by atoms with E-state index >= 15 is 0 Å². The van der Waals surface area contributed by atoms with Crippen LogP contribution in [0.1, 0.15) is 43.7 Å². The highest BCUT2D eigenvalue weighted by molar-refractivity contribution is 5.92. The molecule has 3 rings (SSSR count). The van der Waals surface area contributed by atoms with Crippen LogP contribution in [0.25, 0.3) is 0 Å². The monoisotopic (exact) mass is 292 g/mol. The quantitative estimate of drug-likeness (QED) is 0.786. The SMILES string of the molecule is NC[C@H]1CCC[C@H]1C(=O)Nc1cc(C2CCOCC2)[nH]n1. The van der Waals surface area contributed by atoms with Crippen molar-refractivity contribution in [3.8, 4) is 0 Å². The number of carbonyl (C=O) groups excluding carboxylic acids is 1. The number of anilines is 1. The van der Waals surface area contributed by atoms with Gasteiger partial charge < -0.3 is 15.8 Å². The minimum Gasteiger partial charge on any atom is -0.381 e. The van der Waals surface area contributed by atoms with Gasteiger partial charge in [0.2, 0.25) is 5.91 Å². The Morgan fingerprint density at radius 1 is 1.38 bits per heavy atom. The van der Waals surface area contributed by atoms with Crippen molar-refractivity contribution in [2.75, 3.05) is 25.1 Å². The third kappa shape index (κ3) is 3.27. The number of rotatable bonds is 4. The second-order valence-electron chi connectivity index (χ2n) is 6.12. The molecule has 2 heterocycles. The van der Waals surface area contributed by atoms with E-state index in [1.54, 1.807) is 0 Å². The van der Waals surface area contributed by atoms with Gasteiger partial charge in [-0.15, -0.1) is 0 Å². The first-order chi connectivity index (χ1) is 10.3. The van der Waals surface area contributed by atoms with Gasteiger partial charge in [-0.05, 0) is 38.1 Å². The van der Waals surface area contributed by atoms with E-state index < -0.39 is 0 Å². The van der Waals surface area contributed by atoms with Crippen molar-refractivity contribution < 1.29 is 9.53 Å². The number of ether oxygens (including phenoxy) is 1. The Labute approximate surface area is 124 Å². The highest BCUT2D eigenvalue weighted by Crippen LogP contribution is 2.32. The molecule has 0 unspecified atom stereocenters. The molecule has 0 bridgehead atoms. The van der Waals surface area contributed by atoms with Gasteiger partial charge in [-0.3, -0.25) is 9.89 Å². The molecule has 2 atom stereocenters. The summed E-state index contributed by atoms with van der Waals surface area (Å²) in [6.07, 6.45) is 5.10. The number of nitrogens with two attached hydrogens (primary N) is 1. The Morgan fingerprint density at radius 2 is 2.19 bits per heavy atom. The maximum atomic E-state index is 12.3. The zero-order valence-corrected chi connectivity index (χ0v) is 12.3. The summed E-state index contributed by atoms with van der Waals surface area (Å²) in [5, 5.41) is 10.2. The van der Waals surface area contributed by atoms with Crippen molar-refractivity contribution >= 4 is 11.7 Å². The molecular formula is C15H24N4O2. The lowest BCUT2D eigenvalue weighted by molar-refractivity contribution is -0.120. The predicted molar refractivity (Wildman–Crippen MR) is 79.9 cm³/mol. The van der Waals surface area contributed by atoms with Crippen LogP contribution in [0.2, 0.25) is 0 Å². The average Bonchev–Trinajstić information content (AvgIpc) is 3.16. The number of hydrogen-bond donors (Lipinski definition) is 3. The minimum atomic E-state index is 0.0400. The summed E-state index contributed by atoms with van der Waals surface area (Å²) in [6, 6.07) is 1.96. The first-order valence-corrected chi connectivity index (χ1v) is 7.92. The molecule has 1 saturated carbocycles. The maximum Gasteiger partial charge on any atom is 0.229 e. The highest BCUT2D eigenvalue weighted by Gasteiger charge is 2.32. The number of nitrogens with zero attached hydrogens (tertiary/aromatic N) is 1. The summed E-state index contributed by atoms with van der Waals surface area (Å²) in [4.78, 5) is 12.3. The summed E-state index contributed by atoms with van der Waals surface area (Å²) in [5.41, 5.74) is 6.84. The van der Waals surface area contributed by atoms with E-state index in [9.17, 15) is 4.79 Å². The second kappa shape index (κ2) is 6.58. The minimum absolute atomic E-state index is 0.0400. The topological polar surface area (TPSA) is 93.0 Å². The summed E-state index contributed by atoms with van der Waals surface area (Å²) < 4.78 is 5.37. The first-order valence-electron chi connectivity index (χ1n) is 7.92. The van der Waals surface area contributed by atoms with Crippen molar-refractivity contribution in [1.29, 1.82) is 0 Å². The van der Waals surface area contributed by atoms with Crippen molar-refractivity contribution in [3.63, 3.8) is 0 Å². The maximum absolute atomic E-state index is 12.3. The van der Waals surface area contributed by atoms with Crippen LogP contribution in [0.3, 0.4) is 0 Å². The number of nitrogens with one attached hydrogen (secondary N) is 2. The molecular weight excluding hydrogens is 268 g/mol. The third-order valence-corrected chi connectivity index (χ3v) is 4.81. The fraction of sp³-hybridized carbons (Fsp3) is 0.733. The van der Waals surface area contributed by atoms with Gasteiger partial charge in [0.25, 0.3) is 0 Å². The first kappa shape index (κ1) is 14.5. The predicted octanol–water partition coefficient (Wildman–Crippen LogP) is 1.62. The molecule has 4 N–H and O–H groups in total. The standard InChI is InChI=1S/C15H24N4O2/c16-9-11-2-1-3-12(11)15(20)17-14-8-13(18-19-14)10-4-6-21-7-5-10/h8,10-12H,1-7,9,16H2,(H2,17,18,19,20)/t11-,12-/m1/s1. The molecule has 1 saturated heterocycles. The van der Waals surface area contributed by atoms with Crippen molar-refractivity contribution in [1.82, 2.24) is 10.2 Å². The van der Waals surface area contributed by atoms with Gasteiger partial charge in [0, 0.05) is 36.8 Å². The van der Waals surface area contributed by atoms with Crippen LogP contribution < -0.4 is 11.1 Å². The molecule has 1 aliphatic carbocycles. The number of H-pyrrole nitrogens is 1. The fourth-order valence-electron chi connectivity index (χ4n) is 3.50. The molecule has 6 heteroatoms. The molecule has 2 fully saturated rings. The zero-order chi connectivity index (χ0) is 14.7. The van der Waals surface area contributed by atoms with Gasteiger partial charge in [-0.1, -0.05) is 6.42 Å². The van der Waals surface area contributed by atoms with Crippen LogP contribution in [0.15, 0.2) is 6.07 Å². The number of carbonyl (C=O) groups is 1. The molecule has 0 radical (unpaired) electrons. The van der Waals surface area contributed by atoms with Gasteiger partial charge >= 0.3 is 0 Å². The normalized spacial score (nSPS) is 26.9. The van der Waals surface area contributed by atoms with Crippen molar-refractivity contribution in [2.45, 2.75) is 38.0 Å². The fourth-order valence-corrected chi connectivity index (χ4v) is 3.50. The molecule has 116 valence electrons. The molecule has 21 heavy (non-hydrogen) atoms. The second-order valence-corrected chi connectivity index (χ2v) is 6.12. The van der Waals surface area contributed by atoms with Gasteiger partial charge in [-0.2, -0.15) is 5.10 Å². The average molecular weight is 292 g/mol. The van der Waals surface area contributed by atoms with Gasteiger partial charge in [0.15, 0.2) is 5.82 Å². The molecule has 2 aliphatic rings. The summed E-state index contributed by atoms with van der Waals surface area (Å²) in [7, 11) is 0. The van der Waals surface area contributed by atoms with Gasteiger partial charge in [-0.25, -0.2) is 0 Å².